The van der Waals surface area contributed by atoms with E-state index in [1.807, 2.05) is 84.9 Å². The summed E-state index contributed by atoms with van der Waals surface area (Å²) < 4.78 is 10.2. The maximum Gasteiger partial charge on any atom is 0.422 e. The number of carbonyl (C=O) groups excluding carboxylic acids is 3. The van der Waals surface area contributed by atoms with Crippen molar-refractivity contribution in [2.24, 2.45) is 5.92 Å². The van der Waals surface area contributed by atoms with E-state index < -0.39 is 41.9 Å². The molecule has 3 aromatic rings. The van der Waals surface area contributed by atoms with Crippen molar-refractivity contribution < 1.29 is 29.0 Å². The zero-order valence-corrected chi connectivity index (χ0v) is 26.9. The van der Waals surface area contributed by atoms with E-state index in [4.69, 9.17) is 9.47 Å². The van der Waals surface area contributed by atoms with Crippen molar-refractivity contribution in [2.45, 2.75) is 71.4 Å². The third kappa shape index (κ3) is 11.9. The highest BCUT2D eigenvalue weighted by atomic mass is 16.6. The van der Waals surface area contributed by atoms with Crippen LogP contribution in [-0.4, -0.2) is 65.7 Å². The van der Waals surface area contributed by atoms with Gasteiger partial charge in [-0.3, -0.25) is 10.2 Å². The number of hydrazine groups is 1. The summed E-state index contributed by atoms with van der Waals surface area (Å²) in [7, 11) is 1.23. The molecule has 0 fully saturated rings. The Balaban J connectivity index is 1.84. The molecular weight excluding hydrogens is 572 g/mol. The van der Waals surface area contributed by atoms with Crippen molar-refractivity contribution in [1.29, 1.82) is 0 Å². The Morgan fingerprint density at radius 2 is 1.38 bits per heavy atom. The first kappa shape index (κ1) is 35.1. The van der Waals surface area contributed by atoms with E-state index in [-0.39, 0.29) is 19.0 Å². The molecule has 0 saturated heterocycles. The van der Waals surface area contributed by atoms with Crippen LogP contribution < -0.4 is 16.1 Å². The van der Waals surface area contributed by atoms with Gasteiger partial charge in [-0.1, -0.05) is 98.8 Å². The van der Waals surface area contributed by atoms with Gasteiger partial charge in [-0.05, 0) is 55.4 Å². The number of rotatable bonds is 13. The molecule has 3 rings (SSSR count). The molecule has 10 nitrogen and oxygen atoms in total. The highest BCUT2D eigenvalue weighted by Crippen LogP contribution is 2.20. The molecule has 3 atom stereocenters. The van der Waals surface area contributed by atoms with Gasteiger partial charge in [0, 0.05) is 13.1 Å². The molecule has 0 spiro atoms. The average molecular weight is 619 g/mol. The third-order valence-corrected chi connectivity index (χ3v) is 6.99. The lowest BCUT2D eigenvalue weighted by atomic mass is 9.98. The number of alkyl carbamates (subject to hydrolysis) is 1. The Morgan fingerprint density at radius 3 is 1.93 bits per heavy atom. The fourth-order valence-corrected chi connectivity index (χ4v) is 4.73. The number of ether oxygens (including phenoxy) is 2. The van der Waals surface area contributed by atoms with Crippen LogP contribution in [-0.2, 0) is 27.2 Å². The van der Waals surface area contributed by atoms with E-state index in [1.165, 1.54) is 7.11 Å². The Bertz CT molecular complexity index is 1360. The number of methoxy groups -OCH3 is 1. The molecule has 0 aromatic heterocycles. The smallest absolute Gasteiger partial charge is 0.422 e. The number of carbonyl (C=O) groups is 3. The van der Waals surface area contributed by atoms with Crippen molar-refractivity contribution >= 4 is 18.1 Å². The summed E-state index contributed by atoms with van der Waals surface area (Å²) in [6, 6.07) is 25.8. The molecular formula is C35H46N4O6. The molecule has 0 aliphatic rings. The highest BCUT2D eigenvalue weighted by Gasteiger charge is 2.31. The molecule has 0 heterocycles. The first-order chi connectivity index (χ1) is 21.3. The Kier molecular flexibility index (Phi) is 12.9. The average Bonchev–Trinajstić information content (AvgIpc) is 2.99. The SMILES string of the molecule is COC(=O)N[C@H](C(=O)N[C@@H](Cc1ccccc1)[C@@H](O)CN(Cc1ccc(-c2ccccc2)cc1)NC(=O)OC(C)(C)C)C(C)C. The van der Waals surface area contributed by atoms with Crippen LogP contribution in [0.3, 0.4) is 0 Å². The topological polar surface area (TPSA) is 129 Å². The van der Waals surface area contributed by atoms with Crippen molar-refractivity contribution in [3.8, 4) is 11.1 Å². The van der Waals surface area contributed by atoms with Crippen LogP contribution in [0, 0.1) is 5.92 Å². The summed E-state index contributed by atoms with van der Waals surface area (Å²) in [5, 5.41) is 18.7. The van der Waals surface area contributed by atoms with Crippen LogP contribution in [0.15, 0.2) is 84.9 Å². The lowest BCUT2D eigenvalue weighted by molar-refractivity contribution is -0.125. The third-order valence-electron chi connectivity index (χ3n) is 6.99. The summed E-state index contributed by atoms with van der Waals surface area (Å²) in [6.07, 6.45) is -2.21. The maximum atomic E-state index is 13.4. The molecule has 3 amide bonds. The molecule has 0 saturated carbocycles. The minimum Gasteiger partial charge on any atom is -0.453 e. The fourth-order valence-electron chi connectivity index (χ4n) is 4.73. The second kappa shape index (κ2) is 16.6. The predicted molar refractivity (Wildman–Crippen MR) is 174 cm³/mol. The van der Waals surface area contributed by atoms with Gasteiger partial charge in [0.15, 0.2) is 0 Å². The standard InChI is InChI=1S/C35H46N4O6/c1-24(2)31(37-33(42)44-6)32(41)36-29(21-25-13-9-7-10-14-25)30(40)23-39(38-34(43)45-35(3,4)5)22-26-17-19-28(20-18-26)27-15-11-8-12-16-27/h7-20,24,29-31,40H,21-23H2,1-6H3,(H,36,41)(H,37,42)(H,38,43)/t29-,30-,31-/m0/s1. The van der Waals surface area contributed by atoms with Gasteiger partial charge in [-0.2, -0.15) is 0 Å². The monoisotopic (exact) mass is 618 g/mol. The molecule has 10 heteroatoms. The number of aliphatic hydroxyl groups excluding tert-OH is 1. The number of amides is 3. The fraction of sp³-hybridized carbons (Fsp3) is 0.400. The summed E-state index contributed by atoms with van der Waals surface area (Å²) in [5.41, 5.74) is 5.97. The normalized spacial score (nSPS) is 13.4. The summed E-state index contributed by atoms with van der Waals surface area (Å²) >= 11 is 0. The van der Waals surface area contributed by atoms with Gasteiger partial charge < -0.3 is 25.2 Å². The summed E-state index contributed by atoms with van der Waals surface area (Å²) in [6.45, 7) is 9.15. The van der Waals surface area contributed by atoms with Crippen LogP contribution >= 0.6 is 0 Å². The predicted octanol–water partition coefficient (Wildman–Crippen LogP) is 5.06. The maximum absolute atomic E-state index is 13.4. The lowest BCUT2D eigenvalue weighted by Gasteiger charge is -2.32. The number of hydrogen-bond donors (Lipinski definition) is 4. The van der Waals surface area contributed by atoms with Crippen molar-refractivity contribution in [3.63, 3.8) is 0 Å². The van der Waals surface area contributed by atoms with Crippen LogP contribution in [0.25, 0.3) is 11.1 Å². The van der Waals surface area contributed by atoms with Gasteiger partial charge in [0.05, 0.1) is 19.3 Å². The quantitative estimate of drug-likeness (QED) is 0.197. The Labute approximate surface area is 266 Å². The molecule has 0 radical (unpaired) electrons. The van der Waals surface area contributed by atoms with E-state index >= 15 is 0 Å². The van der Waals surface area contributed by atoms with Gasteiger partial charge in [-0.25, -0.2) is 14.6 Å². The molecule has 4 N–H and O–H groups in total. The van der Waals surface area contributed by atoms with Crippen molar-refractivity contribution in [2.75, 3.05) is 13.7 Å². The first-order valence-electron chi connectivity index (χ1n) is 15.1. The largest absolute Gasteiger partial charge is 0.453 e. The summed E-state index contributed by atoms with van der Waals surface area (Å²) in [5.74, 6) is -0.707. The number of nitrogens with zero attached hydrogens (tertiary/aromatic N) is 1. The zero-order chi connectivity index (χ0) is 33.0. The first-order valence-corrected chi connectivity index (χ1v) is 15.1. The van der Waals surface area contributed by atoms with Gasteiger partial charge in [0.1, 0.15) is 11.6 Å². The van der Waals surface area contributed by atoms with E-state index in [1.54, 1.807) is 39.6 Å². The van der Waals surface area contributed by atoms with E-state index in [2.05, 4.69) is 16.1 Å². The van der Waals surface area contributed by atoms with Crippen LogP contribution in [0.4, 0.5) is 9.59 Å². The van der Waals surface area contributed by atoms with E-state index in [9.17, 15) is 19.5 Å². The number of aliphatic hydroxyl groups is 1. The minimum absolute atomic E-state index is 0.0335. The second-order valence-electron chi connectivity index (χ2n) is 12.3. The Morgan fingerprint density at radius 1 is 0.800 bits per heavy atom. The van der Waals surface area contributed by atoms with E-state index in [0.29, 0.717) is 6.42 Å². The Hall–Kier alpha value is -4.41. The van der Waals surface area contributed by atoms with Crippen LogP contribution in [0.5, 0.6) is 0 Å². The van der Waals surface area contributed by atoms with Gasteiger partial charge >= 0.3 is 12.2 Å². The minimum atomic E-state index is -1.13. The van der Waals surface area contributed by atoms with Gasteiger partial charge in [0.25, 0.3) is 0 Å². The van der Waals surface area contributed by atoms with E-state index in [0.717, 1.165) is 22.3 Å². The molecule has 0 aliphatic carbocycles. The van der Waals surface area contributed by atoms with Crippen molar-refractivity contribution in [1.82, 2.24) is 21.1 Å². The summed E-state index contributed by atoms with van der Waals surface area (Å²) in [4.78, 5) is 38.2. The van der Waals surface area contributed by atoms with Crippen molar-refractivity contribution in [3.05, 3.63) is 96.1 Å². The molecule has 3 aromatic carbocycles. The number of benzene rings is 3. The number of hydrogen-bond acceptors (Lipinski definition) is 7. The van der Waals surface area contributed by atoms with Gasteiger partial charge in [0.2, 0.25) is 5.91 Å². The second-order valence-corrected chi connectivity index (χ2v) is 12.3. The molecule has 0 aliphatic heterocycles. The number of nitrogens with one attached hydrogen (secondary N) is 3. The van der Waals surface area contributed by atoms with Gasteiger partial charge in [-0.15, -0.1) is 0 Å². The highest BCUT2D eigenvalue weighted by molar-refractivity contribution is 5.86. The molecule has 45 heavy (non-hydrogen) atoms. The molecule has 242 valence electrons. The van der Waals surface area contributed by atoms with Crippen LogP contribution in [0.2, 0.25) is 0 Å². The zero-order valence-electron chi connectivity index (χ0n) is 26.9. The molecule has 0 bridgehead atoms. The molecule has 0 unspecified atom stereocenters. The van der Waals surface area contributed by atoms with Crippen LogP contribution in [0.1, 0.15) is 45.7 Å². The lowest BCUT2D eigenvalue weighted by Crippen LogP contribution is -2.57.